The van der Waals surface area contributed by atoms with E-state index in [0.29, 0.717) is 5.39 Å². The van der Waals surface area contributed by atoms with Crippen LogP contribution in [0.3, 0.4) is 0 Å². The van der Waals surface area contributed by atoms with Gasteiger partial charge in [0.1, 0.15) is 11.3 Å². The van der Waals surface area contributed by atoms with Gasteiger partial charge in [0.15, 0.2) is 0 Å². The fraction of sp³-hybridized carbons (Fsp3) is 0.0435. The van der Waals surface area contributed by atoms with E-state index in [1.807, 2.05) is 84.5 Å². The van der Waals surface area contributed by atoms with Gasteiger partial charge in [-0.3, -0.25) is 9.36 Å². The van der Waals surface area contributed by atoms with Crippen molar-refractivity contribution in [3.8, 4) is 16.9 Å². The standard InChI is InChI=1S/C23H17N3O/c1-25-22-20(18-14-8-9-15-19(18)23(25)27)21(16-10-4-2-5-11-16)24-26(22)17-12-6-3-7-13-17/h2-15H,1H3. The van der Waals surface area contributed by atoms with Crippen LogP contribution in [-0.2, 0) is 7.05 Å². The third-order valence-corrected chi connectivity index (χ3v) is 4.96. The van der Waals surface area contributed by atoms with Crippen molar-refractivity contribution in [2.45, 2.75) is 0 Å². The van der Waals surface area contributed by atoms with Gasteiger partial charge in [0.05, 0.1) is 11.1 Å². The van der Waals surface area contributed by atoms with Crippen LogP contribution >= 0.6 is 0 Å². The van der Waals surface area contributed by atoms with E-state index < -0.39 is 0 Å². The summed E-state index contributed by atoms with van der Waals surface area (Å²) in [5, 5.41) is 7.56. The van der Waals surface area contributed by atoms with E-state index in [9.17, 15) is 4.79 Å². The zero-order valence-electron chi connectivity index (χ0n) is 14.8. The SMILES string of the molecule is Cn1c(=O)c2ccccc2c2c(-c3ccccc3)nn(-c3ccccc3)c21. The summed E-state index contributed by atoms with van der Waals surface area (Å²) in [6.45, 7) is 0. The minimum atomic E-state index is -0.0187. The van der Waals surface area contributed by atoms with E-state index >= 15 is 0 Å². The number of aromatic nitrogens is 3. The predicted molar refractivity (Wildman–Crippen MR) is 109 cm³/mol. The lowest BCUT2D eigenvalue weighted by atomic mass is 10.0. The average molecular weight is 351 g/mol. The molecule has 27 heavy (non-hydrogen) atoms. The van der Waals surface area contributed by atoms with Crippen molar-refractivity contribution in [2.24, 2.45) is 7.05 Å². The van der Waals surface area contributed by atoms with Crippen LogP contribution in [0.1, 0.15) is 0 Å². The van der Waals surface area contributed by atoms with Gasteiger partial charge in [-0.1, -0.05) is 66.7 Å². The van der Waals surface area contributed by atoms with Gasteiger partial charge in [-0.2, -0.15) is 5.10 Å². The molecule has 130 valence electrons. The molecule has 0 radical (unpaired) electrons. The molecule has 0 atom stereocenters. The highest BCUT2D eigenvalue weighted by Crippen LogP contribution is 2.33. The molecule has 5 aromatic rings. The largest absolute Gasteiger partial charge is 0.295 e. The van der Waals surface area contributed by atoms with E-state index in [1.54, 1.807) is 4.57 Å². The Hall–Kier alpha value is -3.66. The second kappa shape index (κ2) is 5.95. The summed E-state index contributed by atoms with van der Waals surface area (Å²) >= 11 is 0. The lowest BCUT2D eigenvalue weighted by Crippen LogP contribution is -2.19. The number of para-hydroxylation sites is 1. The molecule has 0 fully saturated rings. The Bertz CT molecular complexity index is 1330. The first-order chi connectivity index (χ1) is 13.3. The summed E-state index contributed by atoms with van der Waals surface area (Å²) in [4.78, 5) is 13.0. The number of benzene rings is 3. The van der Waals surface area contributed by atoms with Gasteiger partial charge in [-0.25, -0.2) is 4.68 Å². The maximum Gasteiger partial charge on any atom is 0.259 e. The zero-order valence-corrected chi connectivity index (χ0v) is 14.8. The van der Waals surface area contributed by atoms with E-state index in [0.717, 1.165) is 33.4 Å². The van der Waals surface area contributed by atoms with Gasteiger partial charge in [0.2, 0.25) is 0 Å². The fourth-order valence-electron chi connectivity index (χ4n) is 3.68. The summed E-state index contributed by atoms with van der Waals surface area (Å²) in [7, 11) is 1.81. The zero-order chi connectivity index (χ0) is 18.4. The molecule has 0 aliphatic heterocycles. The molecule has 5 rings (SSSR count). The molecule has 0 aliphatic carbocycles. The second-order valence-electron chi connectivity index (χ2n) is 6.57. The Kier molecular flexibility index (Phi) is 3.44. The van der Waals surface area contributed by atoms with Crippen molar-refractivity contribution in [1.29, 1.82) is 0 Å². The van der Waals surface area contributed by atoms with Crippen LogP contribution in [0.2, 0.25) is 0 Å². The number of nitrogens with zero attached hydrogens (tertiary/aromatic N) is 3. The number of pyridine rings is 1. The van der Waals surface area contributed by atoms with Crippen LogP contribution < -0.4 is 5.56 Å². The smallest absolute Gasteiger partial charge is 0.259 e. The van der Waals surface area contributed by atoms with E-state index in [2.05, 4.69) is 12.1 Å². The molecule has 0 amide bonds. The van der Waals surface area contributed by atoms with Gasteiger partial charge in [0, 0.05) is 23.4 Å². The fourth-order valence-corrected chi connectivity index (χ4v) is 3.68. The van der Waals surface area contributed by atoms with Crippen molar-refractivity contribution in [2.75, 3.05) is 0 Å². The first-order valence-electron chi connectivity index (χ1n) is 8.87. The molecular weight excluding hydrogens is 334 g/mol. The highest BCUT2D eigenvalue weighted by atomic mass is 16.1. The molecule has 0 saturated carbocycles. The maximum atomic E-state index is 13.0. The molecule has 3 aromatic carbocycles. The highest BCUT2D eigenvalue weighted by molar-refractivity contribution is 6.11. The third kappa shape index (κ3) is 2.30. The lowest BCUT2D eigenvalue weighted by molar-refractivity contribution is 0.825. The Morgan fingerprint density at radius 2 is 1.33 bits per heavy atom. The van der Waals surface area contributed by atoms with Crippen LogP contribution in [0.25, 0.3) is 38.8 Å². The normalized spacial score (nSPS) is 11.3. The first kappa shape index (κ1) is 15.6. The van der Waals surface area contributed by atoms with Crippen molar-refractivity contribution >= 4 is 21.8 Å². The number of hydrogen-bond donors (Lipinski definition) is 0. The summed E-state index contributed by atoms with van der Waals surface area (Å²) in [5.41, 5.74) is 3.61. The third-order valence-electron chi connectivity index (χ3n) is 4.96. The Morgan fingerprint density at radius 1 is 0.741 bits per heavy atom. The van der Waals surface area contributed by atoms with Gasteiger partial charge >= 0.3 is 0 Å². The molecular formula is C23H17N3O. The summed E-state index contributed by atoms with van der Waals surface area (Å²) in [5.74, 6) is 0. The van der Waals surface area contributed by atoms with Crippen LogP contribution in [0.15, 0.2) is 89.7 Å². The van der Waals surface area contributed by atoms with Gasteiger partial charge in [-0.05, 0) is 18.2 Å². The van der Waals surface area contributed by atoms with Gasteiger partial charge in [0.25, 0.3) is 5.56 Å². The number of fused-ring (bicyclic) bond motifs is 3. The number of hydrogen-bond acceptors (Lipinski definition) is 2. The molecule has 0 unspecified atom stereocenters. The van der Waals surface area contributed by atoms with Crippen molar-refractivity contribution in [3.63, 3.8) is 0 Å². The van der Waals surface area contributed by atoms with E-state index in [-0.39, 0.29) is 5.56 Å². The van der Waals surface area contributed by atoms with E-state index in [1.165, 1.54) is 0 Å². The van der Waals surface area contributed by atoms with E-state index in [4.69, 9.17) is 5.10 Å². The molecule has 0 aliphatic rings. The van der Waals surface area contributed by atoms with Gasteiger partial charge in [-0.15, -0.1) is 0 Å². The van der Waals surface area contributed by atoms with Crippen molar-refractivity contribution in [3.05, 3.63) is 95.3 Å². The van der Waals surface area contributed by atoms with Crippen LogP contribution in [-0.4, -0.2) is 14.3 Å². The molecule has 4 nitrogen and oxygen atoms in total. The molecule has 0 N–H and O–H groups in total. The maximum absolute atomic E-state index is 13.0. The summed E-state index contributed by atoms with van der Waals surface area (Å²) < 4.78 is 3.57. The predicted octanol–water partition coefficient (Wildman–Crippen LogP) is 4.54. The molecule has 2 heterocycles. The Labute approximate surface area is 155 Å². The lowest BCUT2D eigenvalue weighted by Gasteiger charge is -2.09. The molecule has 4 heteroatoms. The topological polar surface area (TPSA) is 39.8 Å². The Morgan fingerprint density at radius 3 is 2.04 bits per heavy atom. The highest BCUT2D eigenvalue weighted by Gasteiger charge is 2.20. The van der Waals surface area contributed by atoms with Crippen LogP contribution in [0, 0.1) is 0 Å². The second-order valence-corrected chi connectivity index (χ2v) is 6.57. The Balaban J connectivity index is 2.03. The average Bonchev–Trinajstić information content (AvgIpc) is 3.14. The van der Waals surface area contributed by atoms with Crippen molar-refractivity contribution in [1.82, 2.24) is 14.3 Å². The molecule has 0 spiro atoms. The minimum Gasteiger partial charge on any atom is -0.295 e. The monoisotopic (exact) mass is 351 g/mol. The van der Waals surface area contributed by atoms with Crippen LogP contribution in [0.4, 0.5) is 0 Å². The van der Waals surface area contributed by atoms with Crippen molar-refractivity contribution < 1.29 is 0 Å². The summed E-state index contributed by atoms with van der Waals surface area (Å²) in [6.07, 6.45) is 0. The molecule has 0 bridgehead atoms. The van der Waals surface area contributed by atoms with Crippen LogP contribution in [0.5, 0.6) is 0 Å². The number of rotatable bonds is 2. The summed E-state index contributed by atoms with van der Waals surface area (Å²) in [6, 6.07) is 27.8. The molecule has 0 saturated heterocycles. The first-order valence-corrected chi connectivity index (χ1v) is 8.87. The molecule has 2 aromatic heterocycles. The van der Waals surface area contributed by atoms with Gasteiger partial charge < -0.3 is 0 Å². The minimum absolute atomic E-state index is 0.0187. The quantitative estimate of drug-likeness (QED) is 0.468. The number of aryl methyl sites for hydroxylation is 1.